The highest BCUT2D eigenvalue weighted by Gasteiger charge is 2.22. The zero-order valence-corrected chi connectivity index (χ0v) is 17.1. The fourth-order valence-corrected chi connectivity index (χ4v) is 3.81. The second-order valence-electron chi connectivity index (χ2n) is 7.65. The van der Waals surface area contributed by atoms with Crippen LogP contribution in [0.5, 0.6) is 0 Å². The number of aromatic nitrogens is 2. The Morgan fingerprint density at radius 2 is 1.50 bits per heavy atom. The Labute approximate surface area is 175 Å². The third-order valence-electron chi connectivity index (χ3n) is 5.35. The van der Waals surface area contributed by atoms with Gasteiger partial charge in [0.05, 0.1) is 17.4 Å². The number of carboxylic acids is 1. The van der Waals surface area contributed by atoms with Gasteiger partial charge in [0, 0.05) is 43.6 Å². The standard InChI is InChI=1S/C23H24N4O3/c1-16-11-17(2)13-21(12-16)25-7-9-26(10-8-25)22(28)18-3-5-20(6-4-18)27-15-19(14-24-27)23(29)30/h3-6,11-15H,7-10H2,1-2H3,(H,29,30). The zero-order valence-electron chi connectivity index (χ0n) is 17.1. The van der Waals surface area contributed by atoms with Crippen molar-refractivity contribution < 1.29 is 14.7 Å². The summed E-state index contributed by atoms with van der Waals surface area (Å²) in [4.78, 5) is 28.1. The fourth-order valence-electron chi connectivity index (χ4n) is 3.81. The van der Waals surface area contributed by atoms with Crippen LogP contribution in [-0.4, -0.2) is 57.8 Å². The predicted molar refractivity (Wildman–Crippen MR) is 115 cm³/mol. The minimum absolute atomic E-state index is 0.00770. The van der Waals surface area contributed by atoms with Crippen LogP contribution in [-0.2, 0) is 0 Å². The van der Waals surface area contributed by atoms with Crippen LogP contribution in [0, 0.1) is 13.8 Å². The topological polar surface area (TPSA) is 78.7 Å². The highest BCUT2D eigenvalue weighted by atomic mass is 16.4. The molecule has 0 aliphatic carbocycles. The Hall–Kier alpha value is -3.61. The van der Waals surface area contributed by atoms with Crippen LogP contribution in [0.2, 0.25) is 0 Å². The van der Waals surface area contributed by atoms with Gasteiger partial charge in [-0.1, -0.05) is 6.07 Å². The van der Waals surface area contributed by atoms with Crippen LogP contribution in [0.15, 0.2) is 54.9 Å². The van der Waals surface area contributed by atoms with E-state index >= 15 is 0 Å². The molecule has 0 unspecified atom stereocenters. The van der Waals surface area contributed by atoms with Crippen molar-refractivity contribution in [3.8, 4) is 5.69 Å². The number of nitrogens with zero attached hydrogens (tertiary/aromatic N) is 4. The molecule has 0 radical (unpaired) electrons. The predicted octanol–water partition coefficient (Wildman–Crippen LogP) is 3.15. The van der Waals surface area contributed by atoms with Crippen molar-refractivity contribution in [2.24, 2.45) is 0 Å². The van der Waals surface area contributed by atoms with Gasteiger partial charge in [-0.05, 0) is 61.4 Å². The number of hydrogen-bond acceptors (Lipinski definition) is 4. The maximum absolute atomic E-state index is 12.9. The molecular formula is C23H24N4O3. The van der Waals surface area contributed by atoms with Gasteiger partial charge in [-0.15, -0.1) is 0 Å². The van der Waals surface area contributed by atoms with Gasteiger partial charge in [0.1, 0.15) is 0 Å². The van der Waals surface area contributed by atoms with E-state index in [0.29, 0.717) is 24.3 Å². The Kier molecular flexibility index (Phi) is 5.27. The molecule has 1 aromatic heterocycles. The molecule has 1 fully saturated rings. The normalized spacial score (nSPS) is 14.1. The van der Waals surface area contributed by atoms with Crippen molar-refractivity contribution in [1.29, 1.82) is 0 Å². The SMILES string of the molecule is Cc1cc(C)cc(N2CCN(C(=O)c3ccc(-n4cc(C(=O)O)cn4)cc3)CC2)c1. The van der Waals surface area contributed by atoms with Gasteiger partial charge in [0.2, 0.25) is 0 Å². The highest BCUT2D eigenvalue weighted by Crippen LogP contribution is 2.21. The van der Waals surface area contributed by atoms with Crippen molar-refractivity contribution in [3.63, 3.8) is 0 Å². The van der Waals surface area contributed by atoms with Gasteiger partial charge in [-0.2, -0.15) is 5.10 Å². The number of carbonyl (C=O) groups excluding carboxylic acids is 1. The first-order valence-corrected chi connectivity index (χ1v) is 9.91. The van der Waals surface area contributed by atoms with Gasteiger partial charge in [0.15, 0.2) is 0 Å². The van der Waals surface area contributed by atoms with E-state index in [4.69, 9.17) is 5.11 Å². The monoisotopic (exact) mass is 404 g/mol. The number of carbonyl (C=O) groups is 2. The summed E-state index contributed by atoms with van der Waals surface area (Å²) in [5.74, 6) is -1.01. The minimum atomic E-state index is -1.02. The molecule has 0 spiro atoms. The van der Waals surface area contributed by atoms with Gasteiger partial charge in [-0.25, -0.2) is 9.48 Å². The average Bonchev–Trinajstić information content (AvgIpc) is 3.23. The number of piperazine rings is 1. The summed E-state index contributed by atoms with van der Waals surface area (Å²) in [7, 11) is 0. The summed E-state index contributed by atoms with van der Waals surface area (Å²) in [6.45, 7) is 7.16. The molecule has 2 aromatic carbocycles. The van der Waals surface area contributed by atoms with Crippen molar-refractivity contribution >= 4 is 17.6 Å². The second kappa shape index (κ2) is 8.02. The summed E-state index contributed by atoms with van der Waals surface area (Å²) in [6, 6.07) is 13.6. The molecular weight excluding hydrogens is 380 g/mol. The summed E-state index contributed by atoms with van der Waals surface area (Å²) in [5, 5.41) is 13.1. The van der Waals surface area contributed by atoms with Crippen molar-refractivity contribution in [1.82, 2.24) is 14.7 Å². The Balaban J connectivity index is 1.41. The molecule has 7 heteroatoms. The largest absolute Gasteiger partial charge is 0.478 e. The zero-order chi connectivity index (χ0) is 21.3. The highest BCUT2D eigenvalue weighted by molar-refractivity contribution is 5.94. The lowest BCUT2D eigenvalue weighted by atomic mass is 10.1. The molecule has 0 bridgehead atoms. The Morgan fingerprint density at radius 1 is 0.867 bits per heavy atom. The first-order valence-electron chi connectivity index (χ1n) is 9.91. The first-order chi connectivity index (χ1) is 14.4. The van der Waals surface area contributed by atoms with Crippen molar-refractivity contribution in [3.05, 3.63) is 77.1 Å². The minimum Gasteiger partial charge on any atom is -0.478 e. The van der Waals surface area contributed by atoms with Crippen LogP contribution in [0.1, 0.15) is 31.8 Å². The maximum Gasteiger partial charge on any atom is 0.338 e. The van der Waals surface area contributed by atoms with E-state index in [-0.39, 0.29) is 11.5 Å². The molecule has 1 amide bonds. The molecule has 0 atom stereocenters. The van der Waals surface area contributed by atoms with Crippen LogP contribution in [0.4, 0.5) is 5.69 Å². The van der Waals surface area contributed by atoms with Gasteiger partial charge < -0.3 is 14.9 Å². The molecule has 30 heavy (non-hydrogen) atoms. The average molecular weight is 404 g/mol. The van der Waals surface area contributed by atoms with Crippen molar-refractivity contribution in [2.75, 3.05) is 31.1 Å². The van der Waals surface area contributed by atoms with Crippen LogP contribution in [0.25, 0.3) is 5.69 Å². The van der Waals surface area contributed by atoms with E-state index in [9.17, 15) is 9.59 Å². The van der Waals surface area contributed by atoms with E-state index < -0.39 is 5.97 Å². The van der Waals surface area contributed by atoms with Gasteiger partial charge in [0.25, 0.3) is 5.91 Å². The number of aromatic carboxylic acids is 1. The molecule has 1 saturated heterocycles. The first kappa shape index (κ1) is 19.7. The summed E-state index contributed by atoms with van der Waals surface area (Å²) >= 11 is 0. The van der Waals surface area contributed by atoms with Crippen LogP contribution >= 0.6 is 0 Å². The number of amides is 1. The Morgan fingerprint density at radius 3 is 2.07 bits per heavy atom. The molecule has 1 aliphatic heterocycles. The van der Waals surface area contributed by atoms with E-state index in [1.54, 1.807) is 24.3 Å². The Bertz CT molecular complexity index is 1060. The maximum atomic E-state index is 12.9. The number of anilines is 1. The van der Waals surface area contributed by atoms with Gasteiger partial charge >= 0.3 is 5.97 Å². The van der Waals surface area contributed by atoms with Crippen LogP contribution < -0.4 is 4.90 Å². The molecule has 1 aliphatic rings. The lowest BCUT2D eigenvalue weighted by Gasteiger charge is -2.36. The van der Waals surface area contributed by atoms with E-state index in [1.165, 1.54) is 33.9 Å². The lowest BCUT2D eigenvalue weighted by Crippen LogP contribution is -2.48. The van der Waals surface area contributed by atoms with Gasteiger partial charge in [-0.3, -0.25) is 4.79 Å². The van der Waals surface area contributed by atoms with E-state index in [1.807, 2.05) is 4.90 Å². The number of carboxylic acid groups (broad SMARTS) is 1. The third kappa shape index (κ3) is 4.05. The second-order valence-corrected chi connectivity index (χ2v) is 7.65. The van der Waals surface area contributed by atoms with E-state index in [0.717, 1.165) is 13.1 Å². The smallest absolute Gasteiger partial charge is 0.338 e. The fraction of sp³-hybridized carbons (Fsp3) is 0.261. The summed E-state index contributed by atoms with van der Waals surface area (Å²) in [5.41, 5.74) is 5.15. The quantitative estimate of drug-likeness (QED) is 0.723. The molecule has 7 nitrogen and oxygen atoms in total. The molecule has 1 N–H and O–H groups in total. The molecule has 0 saturated carbocycles. The molecule has 154 valence electrons. The van der Waals surface area contributed by atoms with Crippen molar-refractivity contribution in [2.45, 2.75) is 13.8 Å². The molecule has 2 heterocycles. The number of aryl methyl sites for hydroxylation is 2. The lowest BCUT2D eigenvalue weighted by molar-refractivity contribution is 0.0695. The number of benzene rings is 2. The third-order valence-corrected chi connectivity index (χ3v) is 5.35. The van der Waals surface area contributed by atoms with Crippen LogP contribution in [0.3, 0.4) is 0 Å². The summed E-state index contributed by atoms with van der Waals surface area (Å²) in [6.07, 6.45) is 2.75. The molecule has 4 rings (SSSR count). The number of hydrogen-bond donors (Lipinski definition) is 1. The summed E-state index contributed by atoms with van der Waals surface area (Å²) < 4.78 is 1.49. The molecule has 3 aromatic rings. The van der Waals surface area contributed by atoms with E-state index in [2.05, 4.69) is 42.0 Å². The number of rotatable bonds is 4.